The average molecular weight is 329 g/mol. The molecule has 4 heteroatoms. The lowest BCUT2D eigenvalue weighted by molar-refractivity contribution is -0.114. The Labute approximate surface area is 142 Å². The third-order valence-corrected chi connectivity index (χ3v) is 4.46. The number of hydrogen-bond acceptors (Lipinski definition) is 2. The minimum absolute atomic E-state index is 0.0242. The molecule has 0 radical (unpaired) electrons. The number of fused-ring (bicyclic) bond motifs is 1. The molecule has 0 aromatic heterocycles. The molecular formula is C19H21ClN2O. The molecule has 1 N–H and O–H groups in total. The number of halogens is 1. The van der Waals surface area contributed by atoms with Crippen molar-refractivity contribution >= 4 is 23.2 Å². The number of carbonyl (C=O) groups is 1. The number of benzene rings is 2. The van der Waals surface area contributed by atoms with Crippen LogP contribution in [-0.2, 0) is 24.2 Å². The highest BCUT2D eigenvalue weighted by molar-refractivity contribution is 6.30. The lowest BCUT2D eigenvalue weighted by Gasteiger charge is -2.29. The molecule has 0 saturated carbocycles. The summed E-state index contributed by atoms with van der Waals surface area (Å²) in [4.78, 5) is 13.6. The van der Waals surface area contributed by atoms with Crippen LogP contribution in [0, 0.1) is 0 Å². The molecule has 120 valence electrons. The lowest BCUT2D eigenvalue weighted by Crippen LogP contribution is -2.32. The summed E-state index contributed by atoms with van der Waals surface area (Å²) in [6, 6.07) is 14.3. The molecule has 0 aliphatic carbocycles. The van der Waals surface area contributed by atoms with Crippen molar-refractivity contribution in [2.24, 2.45) is 0 Å². The van der Waals surface area contributed by atoms with Gasteiger partial charge in [0.1, 0.15) is 0 Å². The highest BCUT2D eigenvalue weighted by atomic mass is 35.5. The Balaban J connectivity index is 1.60. The standard InChI is InChI=1S/C19H21ClN2O/c1-14(23)21-19-6-5-17-13-22(10-8-16(17)12-19)9-7-15-3-2-4-18(20)11-15/h2-6,11-12H,7-10,13H2,1H3,(H,21,23). The van der Waals surface area contributed by atoms with Gasteiger partial charge in [0.05, 0.1) is 0 Å². The number of carbonyl (C=O) groups excluding carboxylic acids is 1. The van der Waals surface area contributed by atoms with Gasteiger partial charge in [0, 0.05) is 37.3 Å². The Morgan fingerprint density at radius 2 is 2.09 bits per heavy atom. The van der Waals surface area contributed by atoms with Gasteiger partial charge < -0.3 is 5.32 Å². The number of anilines is 1. The van der Waals surface area contributed by atoms with E-state index in [2.05, 4.69) is 28.4 Å². The fourth-order valence-corrected chi connectivity index (χ4v) is 3.28. The van der Waals surface area contributed by atoms with Crippen LogP contribution in [0.5, 0.6) is 0 Å². The van der Waals surface area contributed by atoms with E-state index in [1.54, 1.807) is 0 Å². The van der Waals surface area contributed by atoms with Crippen LogP contribution in [0.1, 0.15) is 23.6 Å². The third kappa shape index (κ3) is 4.34. The van der Waals surface area contributed by atoms with Crippen LogP contribution in [0.4, 0.5) is 5.69 Å². The third-order valence-electron chi connectivity index (χ3n) is 4.22. The molecule has 2 aromatic carbocycles. The van der Waals surface area contributed by atoms with Crippen molar-refractivity contribution in [3.05, 3.63) is 64.2 Å². The SMILES string of the molecule is CC(=O)Nc1ccc2c(c1)CCN(CCc1cccc(Cl)c1)C2. The molecule has 1 aliphatic heterocycles. The van der Waals surface area contributed by atoms with Crippen LogP contribution in [-0.4, -0.2) is 23.9 Å². The van der Waals surface area contributed by atoms with Crippen molar-refractivity contribution in [1.29, 1.82) is 0 Å². The van der Waals surface area contributed by atoms with E-state index in [9.17, 15) is 4.79 Å². The Kier molecular flexibility index (Phi) is 4.99. The lowest BCUT2D eigenvalue weighted by atomic mass is 9.98. The summed E-state index contributed by atoms with van der Waals surface area (Å²) < 4.78 is 0. The second kappa shape index (κ2) is 7.16. The molecule has 1 heterocycles. The van der Waals surface area contributed by atoms with Crippen LogP contribution in [0.15, 0.2) is 42.5 Å². The topological polar surface area (TPSA) is 32.3 Å². The van der Waals surface area contributed by atoms with E-state index in [1.165, 1.54) is 23.6 Å². The largest absolute Gasteiger partial charge is 0.326 e. The van der Waals surface area contributed by atoms with Gasteiger partial charge in [-0.05, 0) is 53.8 Å². The number of nitrogens with one attached hydrogen (secondary N) is 1. The molecule has 0 spiro atoms. The molecule has 1 aliphatic rings. The van der Waals surface area contributed by atoms with E-state index in [0.717, 1.165) is 43.2 Å². The molecule has 1 amide bonds. The molecule has 3 nitrogen and oxygen atoms in total. The molecule has 0 saturated heterocycles. The van der Waals surface area contributed by atoms with Crippen LogP contribution in [0.25, 0.3) is 0 Å². The second-order valence-corrected chi connectivity index (χ2v) is 6.51. The number of nitrogens with zero attached hydrogens (tertiary/aromatic N) is 1. The minimum atomic E-state index is -0.0242. The summed E-state index contributed by atoms with van der Waals surface area (Å²) in [6.07, 6.45) is 2.04. The molecule has 0 unspecified atom stereocenters. The van der Waals surface area contributed by atoms with E-state index in [-0.39, 0.29) is 5.91 Å². The van der Waals surface area contributed by atoms with Gasteiger partial charge in [0.15, 0.2) is 0 Å². The zero-order valence-electron chi connectivity index (χ0n) is 13.3. The monoisotopic (exact) mass is 328 g/mol. The summed E-state index contributed by atoms with van der Waals surface area (Å²) in [5.41, 5.74) is 4.87. The maximum atomic E-state index is 11.1. The van der Waals surface area contributed by atoms with Crippen molar-refractivity contribution in [2.45, 2.75) is 26.3 Å². The molecule has 0 fully saturated rings. The van der Waals surface area contributed by atoms with Crippen molar-refractivity contribution in [3.63, 3.8) is 0 Å². The van der Waals surface area contributed by atoms with Crippen LogP contribution < -0.4 is 5.32 Å². The summed E-state index contributed by atoms with van der Waals surface area (Å²) >= 11 is 6.04. The van der Waals surface area contributed by atoms with Gasteiger partial charge in [-0.25, -0.2) is 0 Å². The van der Waals surface area contributed by atoms with E-state index < -0.39 is 0 Å². The minimum Gasteiger partial charge on any atom is -0.326 e. The molecular weight excluding hydrogens is 308 g/mol. The van der Waals surface area contributed by atoms with Crippen molar-refractivity contribution in [2.75, 3.05) is 18.4 Å². The van der Waals surface area contributed by atoms with Crippen LogP contribution in [0.3, 0.4) is 0 Å². The predicted molar refractivity (Wildman–Crippen MR) is 94.9 cm³/mol. The molecule has 0 bridgehead atoms. The number of hydrogen-bond donors (Lipinski definition) is 1. The summed E-state index contributed by atoms with van der Waals surface area (Å²) in [5.74, 6) is -0.0242. The first-order valence-electron chi connectivity index (χ1n) is 7.96. The first-order chi connectivity index (χ1) is 11.1. The maximum Gasteiger partial charge on any atom is 0.221 e. The van der Waals surface area contributed by atoms with Gasteiger partial charge in [-0.1, -0.05) is 29.8 Å². The second-order valence-electron chi connectivity index (χ2n) is 6.07. The molecule has 2 aromatic rings. The van der Waals surface area contributed by atoms with Crippen LogP contribution in [0.2, 0.25) is 5.02 Å². The smallest absolute Gasteiger partial charge is 0.221 e. The highest BCUT2D eigenvalue weighted by Gasteiger charge is 2.16. The van der Waals surface area contributed by atoms with Crippen LogP contribution >= 0.6 is 11.6 Å². The van der Waals surface area contributed by atoms with E-state index in [1.807, 2.05) is 24.3 Å². The maximum absolute atomic E-state index is 11.1. The quantitative estimate of drug-likeness (QED) is 0.923. The zero-order valence-corrected chi connectivity index (χ0v) is 14.1. The Morgan fingerprint density at radius 1 is 1.22 bits per heavy atom. The van der Waals surface area contributed by atoms with E-state index in [0.29, 0.717) is 0 Å². The summed E-state index contributed by atoms with van der Waals surface area (Å²) in [5, 5.41) is 3.66. The Morgan fingerprint density at radius 3 is 2.87 bits per heavy atom. The van der Waals surface area contributed by atoms with Gasteiger partial charge in [-0.2, -0.15) is 0 Å². The van der Waals surface area contributed by atoms with Crippen molar-refractivity contribution in [3.8, 4) is 0 Å². The summed E-state index contributed by atoms with van der Waals surface area (Å²) in [7, 11) is 0. The fourth-order valence-electron chi connectivity index (χ4n) is 3.06. The van der Waals surface area contributed by atoms with Gasteiger partial charge in [0.2, 0.25) is 5.91 Å². The Hall–Kier alpha value is -1.84. The average Bonchev–Trinajstić information content (AvgIpc) is 2.52. The van der Waals surface area contributed by atoms with Gasteiger partial charge in [0.25, 0.3) is 0 Å². The highest BCUT2D eigenvalue weighted by Crippen LogP contribution is 2.23. The number of rotatable bonds is 4. The van der Waals surface area contributed by atoms with Gasteiger partial charge in [-0.15, -0.1) is 0 Å². The number of amides is 1. The van der Waals surface area contributed by atoms with Gasteiger partial charge >= 0.3 is 0 Å². The first-order valence-corrected chi connectivity index (χ1v) is 8.34. The normalized spacial score (nSPS) is 14.3. The van der Waals surface area contributed by atoms with Gasteiger partial charge in [-0.3, -0.25) is 9.69 Å². The van der Waals surface area contributed by atoms with Crippen molar-refractivity contribution in [1.82, 2.24) is 4.90 Å². The Bertz CT molecular complexity index is 714. The molecule has 23 heavy (non-hydrogen) atoms. The van der Waals surface area contributed by atoms with Crippen molar-refractivity contribution < 1.29 is 4.79 Å². The molecule has 3 rings (SSSR count). The predicted octanol–water partition coefficient (Wildman–Crippen LogP) is 3.90. The van der Waals surface area contributed by atoms with E-state index >= 15 is 0 Å². The van der Waals surface area contributed by atoms with E-state index in [4.69, 9.17) is 11.6 Å². The first kappa shape index (κ1) is 16.0. The molecule has 0 atom stereocenters. The zero-order chi connectivity index (χ0) is 16.2. The fraction of sp³-hybridized carbons (Fsp3) is 0.316. The summed E-state index contributed by atoms with van der Waals surface area (Å²) in [6.45, 7) is 4.59.